The number of aryl methyl sites for hydroxylation is 1. The average Bonchev–Trinajstić information content (AvgIpc) is 3.12. The largest absolute Gasteiger partial charge is 0.416 e. The van der Waals surface area contributed by atoms with Crippen LogP contribution in [0.3, 0.4) is 0 Å². The number of rotatable bonds is 6. The van der Waals surface area contributed by atoms with E-state index < -0.39 is 17.6 Å². The number of nitrogens with one attached hydrogen (secondary N) is 1. The Hall–Kier alpha value is -3.82. The number of hydrogen-bond acceptors (Lipinski definition) is 4. The predicted octanol–water partition coefficient (Wildman–Crippen LogP) is 4.78. The highest BCUT2D eigenvalue weighted by Gasteiger charge is 2.31. The molecule has 2 amide bonds. The molecule has 10 heteroatoms. The summed E-state index contributed by atoms with van der Waals surface area (Å²) in [5.74, 6) is -0.922. The van der Waals surface area contributed by atoms with Crippen molar-refractivity contribution in [1.29, 1.82) is 0 Å². The Kier molecular flexibility index (Phi) is 7.05. The SMILES string of the molecule is Cc1nn(-c2cccc(C(F)(F)F)c2)c(C)c1CC(=O)Nc1cc(C(N)=O)ccc1N1CCCCC1. The van der Waals surface area contributed by atoms with Gasteiger partial charge >= 0.3 is 6.18 Å². The van der Waals surface area contributed by atoms with Gasteiger partial charge in [-0.05, 0) is 69.5 Å². The molecule has 0 bridgehead atoms. The van der Waals surface area contributed by atoms with Crippen molar-refractivity contribution < 1.29 is 22.8 Å². The third kappa shape index (κ3) is 5.37. The smallest absolute Gasteiger partial charge is 0.370 e. The van der Waals surface area contributed by atoms with Crippen LogP contribution < -0.4 is 16.0 Å². The van der Waals surface area contributed by atoms with Crippen LogP contribution in [-0.2, 0) is 17.4 Å². The van der Waals surface area contributed by atoms with Gasteiger partial charge < -0.3 is 16.0 Å². The van der Waals surface area contributed by atoms with E-state index in [1.807, 2.05) is 0 Å². The Morgan fingerprint density at radius 2 is 1.78 bits per heavy atom. The Labute approximate surface area is 207 Å². The predicted molar refractivity (Wildman–Crippen MR) is 131 cm³/mol. The fraction of sp³-hybridized carbons (Fsp3) is 0.346. The summed E-state index contributed by atoms with van der Waals surface area (Å²) in [7, 11) is 0. The number of benzene rings is 2. The summed E-state index contributed by atoms with van der Waals surface area (Å²) >= 11 is 0. The van der Waals surface area contributed by atoms with Crippen LogP contribution in [0.15, 0.2) is 42.5 Å². The summed E-state index contributed by atoms with van der Waals surface area (Å²) < 4.78 is 41.0. The molecule has 190 valence electrons. The monoisotopic (exact) mass is 499 g/mol. The molecule has 1 saturated heterocycles. The number of amides is 2. The zero-order valence-electron chi connectivity index (χ0n) is 20.2. The fourth-order valence-corrected chi connectivity index (χ4v) is 4.55. The number of anilines is 2. The number of halogens is 3. The zero-order valence-corrected chi connectivity index (χ0v) is 20.2. The molecule has 1 aliphatic rings. The topological polar surface area (TPSA) is 93.2 Å². The minimum atomic E-state index is -4.47. The van der Waals surface area contributed by atoms with Gasteiger partial charge in [0.15, 0.2) is 0 Å². The van der Waals surface area contributed by atoms with Gasteiger partial charge in [-0.3, -0.25) is 9.59 Å². The van der Waals surface area contributed by atoms with Gasteiger partial charge in [0, 0.05) is 29.9 Å². The van der Waals surface area contributed by atoms with Gasteiger partial charge in [-0.25, -0.2) is 4.68 Å². The Morgan fingerprint density at radius 1 is 1.06 bits per heavy atom. The first-order chi connectivity index (χ1) is 17.0. The van der Waals surface area contributed by atoms with Crippen LogP contribution in [0.4, 0.5) is 24.5 Å². The van der Waals surface area contributed by atoms with Crippen LogP contribution in [0.25, 0.3) is 5.69 Å². The number of alkyl halides is 3. The summed E-state index contributed by atoms with van der Waals surface area (Å²) in [5, 5.41) is 7.30. The van der Waals surface area contributed by atoms with E-state index in [1.165, 1.54) is 10.7 Å². The van der Waals surface area contributed by atoms with Gasteiger partial charge in [0.2, 0.25) is 11.8 Å². The lowest BCUT2D eigenvalue weighted by Crippen LogP contribution is -2.30. The molecular weight excluding hydrogens is 471 g/mol. The van der Waals surface area contributed by atoms with Gasteiger partial charge in [-0.2, -0.15) is 18.3 Å². The van der Waals surface area contributed by atoms with Crippen LogP contribution in [0.1, 0.15) is 52.1 Å². The van der Waals surface area contributed by atoms with E-state index in [0.29, 0.717) is 22.6 Å². The molecule has 2 heterocycles. The van der Waals surface area contributed by atoms with Gasteiger partial charge in [0.1, 0.15) is 0 Å². The second-order valence-corrected chi connectivity index (χ2v) is 8.98. The Morgan fingerprint density at radius 3 is 2.44 bits per heavy atom. The molecular formula is C26H28F3N5O2. The second kappa shape index (κ2) is 10.0. The molecule has 7 nitrogen and oxygen atoms in total. The first-order valence-corrected chi connectivity index (χ1v) is 11.8. The average molecular weight is 500 g/mol. The molecule has 3 N–H and O–H groups in total. The molecule has 0 aliphatic carbocycles. The summed E-state index contributed by atoms with van der Waals surface area (Å²) in [6.45, 7) is 5.13. The van der Waals surface area contributed by atoms with Crippen molar-refractivity contribution in [3.8, 4) is 5.69 Å². The van der Waals surface area contributed by atoms with Crippen molar-refractivity contribution >= 4 is 23.2 Å². The van der Waals surface area contributed by atoms with E-state index >= 15 is 0 Å². The molecule has 0 saturated carbocycles. The Balaban J connectivity index is 1.59. The van der Waals surface area contributed by atoms with Crippen LogP contribution in [0.2, 0.25) is 0 Å². The summed E-state index contributed by atoms with van der Waals surface area (Å²) in [5.41, 5.74) is 8.29. The zero-order chi connectivity index (χ0) is 26.0. The van der Waals surface area contributed by atoms with E-state index in [4.69, 9.17) is 5.73 Å². The number of hydrogen-bond donors (Lipinski definition) is 2. The molecule has 0 atom stereocenters. The number of carbonyl (C=O) groups excluding carboxylic acids is 2. The maximum atomic E-state index is 13.2. The second-order valence-electron chi connectivity index (χ2n) is 8.98. The molecule has 36 heavy (non-hydrogen) atoms. The van der Waals surface area contributed by atoms with Crippen LogP contribution >= 0.6 is 0 Å². The molecule has 0 radical (unpaired) electrons. The van der Waals surface area contributed by atoms with Crippen molar-refractivity contribution in [3.63, 3.8) is 0 Å². The first kappa shape index (κ1) is 25.3. The summed E-state index contributed by atoms with van der Waals surface area (Å²) in [6, 6.07) is 9.93. The lowest BCUT2D eigenvalue weighted by Gasteiger charge is -2.30. The normalized spacial score (nSPS) is 14.1. The van der Waals surface area contributed by atoms with E-state index in [0.717, 1.165) is 50.2 Å². The molecule has 1 aromatic heterocycles. The maximum Gasteiger partial charge on any atom is 0.416 e. The number of nitrogens with two attached hydrogens (primary N) is 1. The van der Waals surface area contributed by atoms with Crippen LogP contribution in [0.5, 0.6) is 0 Å². The fourth-order valence-electron chi connectivity index (χ4n) is 4.55. The minimum Gasteiger partial charge on any atom is -0.370 e. The van der Waals surface area contributed by atoms with E-state index in [1.54, 1.807) is 38.1 Å². The van der Waals surface area contributed by atoms with E-state index in [9.17, 15) is 22.8 Å². The Bertz CT molecular complexity index is 1290. The summed E-state index contributed by atoms with van der Waals surface area (Å²) in [6.07, 6.45) is -1.28. The lowest BCUT2D eigenvalue weighted by molar-refractivity contribution is -0.137. The molecule has 3 aromatic rings. The van der Waals surface area contributed by atoms with Gasteiger partial charge in [0.25, 0.3) is 0 Å². The van der Waals surface area contributed by atoms with Gasteiger partial charge in [-0.15, -0.1) is 0 Å². The van der Waals surface area contributed by atoms with Gasteiger partial charge in [0.05, 0.1) is 34.7 Å². The quantitative estimate of drug-likeness (QED) is 0.511. The van der Waals surface area contributed by atoms with Crippen molar-refractivity contribution in [2.45, 2.75) is 45.7 Å². The first-order valence-electron chi connectivity index (χ1n) is 11.8. The number of piperidine rings is 1. The molecule has 2 aromatic carbocycles. The minimum absolute atomic E-state index is 0.0309. The molecule has 1 aliphatic heterocycles. The lowest BCUT2D eigenvalue weighted by atomic mass is 10.1. The van der Waals surface area contributed by atoms with Crippen LogP contribution in [-0.4, -0.2) is 34.7 Å². The summed E-state index contributed by atoms with van der Waals surface area (Å²) in [4.78, 5) is 27.0. The molecule has 1 fully saturated rings. The number of nitrogens with zero attached hydrogens (tertiary/aromatic N) is 3. The highest BCUT2D eigenvalue weighted by Crippen LogP contribution is 2.32. The highest BCUT2D eigenvalue weighted by molar-refractivity contribution is 6.00. The van der Waals surface area contributed by atoms with Crippen molar-refractivity contribution in [3.05, 3.63) is 70.5 Å². The van der Waals surface area contributed by atoms with Crippen molar-refractivity contribution in [2.24, 2.45) is 5.73 Å². The maximum absolute atomic E-state index is 13.2. The molecule has 4 rings (SSSR count). The van der Waals surface area contributed by atoms with Crippen molar-refractivity contribution in [1.82, 2.24) is 9.78 Å². The number of carbonyl (C=O) groups is 2. The highest BCUT2D eigenvalue weighted by atomic mass is 19.4. The number of primary amides is 1. The number of aromatic nitrogens is 2. The molecule has 0 spiro atoms. The van der Waals surface area contributed by atoms with E-state index in [2.05, 4.69) is 15.3 Å². The standard InChI is InChI=1S/C26H28F3N5O2/c1-16-21(17(2)34(32-16)20-8-6-7-19(14-20)26(27,28)29)15-24(35)31-22-13-18(25(30)36)9-10-23(22)33-11-4-3-5-12-33/h6-10,13-14H,3-5,11-12,15H2,1-2H3,(H2,30,36)(H,31,35). The van der Waals surface area contributed by atoms with Gasteiger partial charge in [-0.1, -0.05) is 6.07 Å². The van der Waals surface area contributed by atoms with E-state index in [-0.39, 0.29) is 23.6 Å². The third-order valence-corrected chi connectivity index (χ3v) is 6.45. The third-order valence-electron chi connectivity index (χ3n) is 6.45. The van der Waals surface area contributed by atoms with Crippen LogP contribution in [0, 0.1) is 13.8 Å². The molecule has 0 unspecified atom stereocenters. The van der Waals surface area contributed by atoms with Crippen molar-refractivity contribution in [2.75, 3.05) is 23.3 Å².